The number of carbonyl (C=O) groups is 1. The number of carbonyl (C=O) groups excluding carboxylic acids is 1. The van der Waals surface area contributed by atoms with Crippen LogP contribution in [-0.4, -0.2) is 59.8 Å². The van der Waals surface area contributed by atoms with Gasteiger partial charge < -0.3 is 23.7 Å². The molecule has 3 rings (SSSR count). The van der Waals surface area contributed by atoms with Gasteiger partial charge >= 0.3 is 5.97 Å². The molecule has 0 saturated carbocycles. The Morgan fingerprint density at radius 2 is 1.59 bits per heavy atom. The zero-order valence-corrected chi connectivity index (χ0v) is 20.9. The molecule has 1 unspecified atom stereocenters. The normalized spacial score (nSPS) is 15.9. The van der Waals surface area contributed by atoms with Crippen LogP contribution in [0, 0.1) is 0 Å². The van der Waals surface area contributed by atoms with Crippen LogP contribution in [0.1, 0.15) is 37.4 Å². The number of ether oxygens (including phenoxy) is 5. The van der Waals surface area contributed by atoms with E-state index in [1.54, 1.807) is 12.1 Å². The third kappa shape index (κ3) is 5.07. The fourth-order valence-corrected chi connectivity index (χ4v) is 5.70. The van der Waals surface area contributed by atoms with Gasteiger partial charge in [0.1, 0.15) is 0 Å². The molecule has 0 fully saturated rings. The van der Waals surface area contributed by atoms with Crippen molar-refractivity contribution in [1.29, 1.82) is 0 Å². The quantitative estimate of drug-likeness (QED) is 0.465. The van der Waals surface area contributed by atoms with Crippen molar-refractivity contribution < 1.29 is 36.9 Å². The van der Waals surface area contributed by atoms with E-state index >= 15 is 0 Å². The summed E-state index contributed by atoms with van der Waals surface area (Å²) in [7, 11) is 0.208. The van der Waals surface area contributed by atoms with Gasteiger partial charge in [-0.3, -0.25) is 4.79 Å². The van der Waals surface area contributed by atoms with E-state index in [1.807, 2.05) is 19.9 Å². The highest BCUT2D eigenvalue weighted by molar-refractivity contribution is 7.89. The number of nitrogens with zero attached hydrogens (tertiary/aromatic N) is 1. The molecule has 0 bridgehead atoms. The molecule has 1 aliphatic heterocycles. The minimum atomic E-state index is -3.99. The van der Waals surface area contributed by atoms with E-state index in [2.05, 4.69) is 0 Å². The van der Waals surface area contributed by atoms with Gasteiger partial charge in [-0.1, -0.05) is 0 Å². The Kier molecular flexibility index (Phi) is 8.27. The van der Waals surface area contributed by atoms with Crippen LogP contribution in [0.3, 0.4) is 0 Å². The monoisotopic (exact) mass is 493 g/mol. The summed E-state index contributed by atoms with van der Waals surface area (Å²) < 4.78 is 55.7. The molecule has 2 aromatic carbocycles. The highest BCUT2D eigenvalue weighted by Crippen LogP contribution is 2.42. The van der Waals surface area contributed by atoms with E-state index in [4.69, 9.17) is 23.7 Å². The first-order valence-electron chi connectivity index (χ1n) is 11.0. The largest absolute Gasteiger partial charge is 0.493 e. The average Bonchev–Trinajstić information content (AvgIpc) is 2.84. The summed E-state index contributed by atoms with van der Waals surface area (Å²) in [6.07, 6.45) is 0.307. The van der Waals surface area contributed by atoms with Crippen LogP contribution < -0.4 is 18.9 Å². The fraction of sp³-hybridized carbons (Fsp3) is 0.458. The molecule has 186 valence electrons. The Morgan fingerprint density at radius 3 is 2.18 bits per heavy atom. The molecule has 10 heteroatoms. The number of sulfonamides is 1. The van der Waals surface area contributed by atoms with Crippen LogP contribution >= 0.6 is 0 Å². The number of esters is 1. The molecule has 0 aliphatic carbocycles. The number of fused-ring (bicyclic) bond motifs is 1. The minimum Gasteiger partial charge on any atom is -0.493 e. The maximum atomic E-state index is 13.7. The lowest BCUT2D eigenvalue weighted by Crippen LogP contribution is -2.41. The minimum absolute atomic E-state index is 0.0411. The second kappa shape index (κ2) is 11.0. The van der Waals surface area contributed by atoms with Gasteiger partial charge in [-0.05, 0) is 55.7 Å². The van der Waals surface area contributed by atoms with Crippen molar-refractivity contribution in [1.82, 2.24) is 4.31 Å². The van der Waals surface area contributed by atoms with Crippen LogP contribution in [0.4, 0.5) is 0 Å². The van der Waals surface area contributed by atoms with Crippen molar-refractivity contribution in [3.05, 3.63) is 41.5 Å². The van der Waals surface area contributed by atoms with Crippen molar-refractivity contribution in [3.63, 3.8) is 0 Å². The van der Waals surface area contributed by atoms with Gasteiger partial charge in [-0.25, -0.2) is 8.42 Å². The lowest BCUT2D eigenvalue weighted by Gasteiger charge is -2.36. The molecule has 0 amide bonds. The second-order valence-corrected chi connectivity index (χ2v) is 9.43. The van der Waals surface area contributed by atoms with Crippen molar-refractivity contribution in [2.45, 2.75) is 37.6 Å². The molecule has 9 nitrogen and oxygen atoms in total. The Morgan fingerprint density at radius 1 is 0.941 bits per heavy atom. The molecule has 0 spiro atoms. The predicted molar refractivity (Wildman–Crippen MR) is 125 cm³/mol. The highest BCUT2D eigenvalue weighted by atomic mass is 32.2. The fourth-order valence-electron chi connectivity index (χ4n) is 4.08. The smallest absolute Gasteiger partial charge is 0.307 e. The van der Waals surface area contributed by atoms with Crippen molar-refractivity contribution in [3.8, 4) is 23.0 Å². The zero-order chi connectivity index (χ0) is 24.9. The number of rotatable bonds is 10. The van der Waals surface area contributed by atoms with E-state index in [0.29, 0.717) is 48.2 Å². The van der Waals surface area contributed by atoms with Crippen molar-refractivity contribution in [2.75, 3.05) is 41.1 Å². The SMILES string of the molecule is CCOc1cc2c(cc1OCC)C(CC(=O)OC)N(S(=O)(=O)c1ccc(OC)c(OC)c1)CC2. The standard InChI is InChI=1S/C24H31NO8S/c1-6-32-22-12-16-10-11-25(19(15-24(26)31-5)18(16)14-23(22)33-7-2)34(27,28)17-8-9-20(29-3)21(13-17)30-4/h8-9,12-14,19H,6-7,10-11,15H2,1-5H3. The summed E-state index contributed by atoms with van der Waals surface area (Å²) in [5.41, 5.74) is 1.59. The number of benzene rings is 2. The van der Waals surface area contributed by atoms with Crippen LogP contribution in [0.2, 0.25) is 0 Å². The van der Waals surface area contributed by atoms with Gasteiger partial charge in [0.05, 0.1) is 51.9 Å². The first-order valence-corrected chi connectivity index (χ1v) is 12.5. The van der Waals surface area contributed by atoms with Crippen LogP contribution in [0.15, 0.2) is 35.2 Å². The lowest BCUT2D eigenvalue weighted by molar-refractivity contribution is -0.141. The van der Waals surface area contributed by atoms with Crippen LogP contribution in [-0.2, 0) is 26.0 Å². The number of hydrogen-bond donors (Lipinski definition) is 0. The van der Waals surface area contributed by atoms with Crippen LogP contribution in [0.25, 0.3) is 0 Å². The van der Waals surface area contributed by atoms with Gasteiger partial charge in [0.2, 0.25) is 10.0 Å². The topological polar surface area (TPSA) is 101 Å². The zero-order valence-electron chi connectivity index (χ0n) is 20.1. The average molecular weight is 494 g/mol. The van der Waals surface area contributed by atoms with E-state index in [0.717, 1.165) is 5.56 Å². The lowest BCUT2D eigenvalue weighted by atomic mass is 9.91. The maximum Gasteiger partial charge on any atom is 0.307 e. The van der Waals surface area contributed by atoms with Gasteiger partial charge in [-0.15, -0.1) is 0 Å². The molecule has 0 aromatic heterocycles. The van der Waals surface area contributed by atoms with E-state index in [1.165, 1.54) is 37.8 Å². The predicted octanol–water partition coefficient (Wildman–Crippen LogP) is 3.35. The van der Waals surface area contributed by atoms with Gasteiger partial charge in [-0.2, -0.15) is 4.31 Å². The summed E-state index contributed by atoms with van der Waals surface area (Å²) >= 11 is 0. The van der Waals surface area contributed by atoms with E-state index < -0.39 is 22.0 Å². The maximum absolute atomic E-state index is 13.7. The molecule has 0 saturated heterocycles. The Balaban J connectivity index is 2.11. The van der Waals surface area contributed by atoms with Crippen molar-refractivity contribution in [2.24, 2.45) is 0 Å². The number of methoxy groups -OCH3 is 3. The third-order valence-electron chi connectivity index (χ3n) is 5.66. The summed E-state index contributed by atoms with van der Waals surface area (Å²) in [5, 5.41) is 0. The van der Waals surface area contributed by atoms with E-state index in [9.17, 15) is 13.2 Å². The molecule has 0 radical (unpaired) electrons. The Bertz CT molecular complexity index is 1130. The van der Waals surface area contributed by atoms with Crippen molar-refractivity contribution >= 4 is 16.0 Å². The molecular weight excluding hydrogens is 462 g/mol. The molecular formula is C24H31NO8S. The van der Waals surface area contributed by atoms with Gasteiger partial charge in [0.25, 0.3) is 0 Å². The van der Waals surface area contributed by atoms with E-state index in [-0.39, 0.29) is 17.9 Å². The molecule has 1 aliphatic rings. The molecule has 2 aromatic rings. The molecule has 1 heterocycles. The molecule has 1 atom stereocenters. The summed E-state index contributed by atoms with van der Waals surface area (Å²) in [5.74, 6) is 1.29. The second-order valence-electron chi connectivity index (χ2n) is 7.54. The third-order valence-corrected chi connectivity index (χ3v) is 7.57. The molecule has 0 N–H and O–H groups in total. The summed E-state index contributed by atoms with van der Waals surface area (Å²) in [6, 6.07) is 7.29. The summed E-state index contributed by atoms with van der Waals surface area (Å²) in [4.78, 5) is 12.4. The number of hydrogen-bond acceptors (Lipinski definition) is 8. The van der Waals surface area contributed by atoms with Gasteiger partial charge in [0.15, 0.2) is 23.0 Å². The van der Waals surface area contributed by atoms with Gasteiger partial charge in [0, 0.05) is 12.6 Å². The Hall–Kier alpha value is -2.98. The first-order chi connectivity index (χ1) is 16.3. The Labute approximate surface area is 200 Å². The molecule has 34 heavy (non-hydrogen) atoms. The van der Waals surface area contributed by atoms with Crippen LogP contribution in [0.5, 0.6) is 23.0 Å². The highest BCUT2D eigenvalue weighted by Gasteiger charge is 2.39. The first kappa shape index (κ1) is 25.6. The summed E-state index contributed by atoms with van der Waals surface area (Å²) in [6.45, 7) is 4.80.